The lowest BCUT2D eigenvalue weighted by atomic mass is 10.1. The Morgan fingerprint density at radius 2 is 2.22 bits per heavy atom. The van der Waals surface area contributed by atoms with Gasteiger partial charge in [0, 0.05) is 35.9 Å². The Hall–Kier alpha value is -2.69. The molecular formula is C20H25N5O2. The number of hydrogen-bond acceptors (Lipinski definition) is 6. The molecule has 0 aliphatic carbocycles. The van der Waals surface area contributed by atoms with Crippen molar-refractivity contribution in [2.45, 2.75) is 38.5 Å². The van der Waals surface area contributed by atoms with Gasteiger partial charge in [-0.2, -0.15) is 5.26 Å². The second-order valence-electron chi connectivity index (χ2n) is 7.69. The minimum atomic E-state index is -0.585. The van der Waals surface area contributed by atoms with Gasteiger partial charge in [-0.3, -0.25) is 9.78 Å². The van der Waals surface area contributed by atoms with E-state index in [9.17, 15) is 10.1 Å². The quantitative estimate of drug-likeness (QED) is 0.850. The van der Waals surface area contributed by atoms with E-state index >= 15 is 0 Å². The van der Waals surface area contributed by atoms with Crippen molar-refractivity contribution in [2.24, 2.45) is 5.73 Å². The Balaban J connectivity index is 1.86. The van der Waals surface area contributed by atoms with E-state index in [2.05, 4.69) is 21.3 Å². The molecule has 0 bridgehead atoms. The number of fused-ring (bicyclic) bond motifs is 1. The molecule has 1 amide bonds. The number of nitrogens with one attached hydrogen (secondary N) is 1. The first kappa shape index (κ1) is 19.1. The van der Waals surface area contributed by atoms with Crippen molar-refractivity contribution in [3.8, 4) is 6.07 Å². The number of morpholine rings is 1. The van der Waals surface area contributed by atoms with E-state index in [1.165, 1.54) is 0 Å². The van der Waals surface area contributed by atoms with Crippen LogP contribution in [0.15, 0.2) is 30.5 Å². The van der Waals surface area contributed by atoms with Gasteiger partial charge < -0.3 is 20.7 Å². The van der Waals surface area contributed by atoms with Crippen molar-refractivity contribution in [2.75, 3.05) is 24.5 Å². The highest BCUT2D eigenvalue weighted by atomic mass is 16.5. The fourth-order valence-electron chi connectivity index (χ4n) is 3.25. The molecule has 2 heterocycles. The van der Waals surface area contributed by atoms with Crippen molar-refractivity contribution in [3.05, 3.63) is 36.0 Å². The second-order valence-corrected chi connectivity index (χ2v) is 7.69. The summed E-state index contributed by atoms with van der Waals surface area (Å²) in [7, 11) is 0. The van der Waals surface area contributed by atoms with Gasteiger partial charge in [-0.1, -0.05) is 0 Å². The zero-order valence-corrected chi connectivity index (χ0v) is 15.9. The van der Waals surface area contributed by atoms with E-state index < -0.39 is 11.6 Å². The van der Waals surface area contributed by atoms with Crippen LogP contribution in [0.25, 0.3) is 10.9 Å². The smallest absolute Gasteiger partial charge is 0.251 e. The van der Waals surface area contributed by atoms with Crippen molar-refractivity contribution in [1.82, 2.24) is 10.3 Å². The summed E-state index contributed by atoms with van der Waals surface area (Å²) >= 11 is 0. The van der Waals surface area contributed by atoms with Crippen LogP contribution in [0, 0.1) is 11.3 Å². The molecule has 1 saturated heterocycles. The van der Waals surface area contributed by atoms with Crippen LogP contribution in [0.4, 0.5) is 5.69 Å². The molecule has 0 spiro atoms. The number of anilines is 1. The van der Waals surface area contributed by atoms with Crippen molar-refractivity contribution < 1.29 is 9.53 Å². The summed E-state index contributed by atoms with van der Waals surface area (Å²) in [4.78, 5) is 19.0. The van der Waals surface area contributed by atoms with Gasteiger partial charge in [0.1, 0.15) is 6.07 Å². The molecule has 27 heavy (non-hydrogen) atoms. The molecule has 7 nitrogen and oxygen atoms in total. The van der Waals surface area contributed by atoms with Gasteiger partial charge >= 0.3 is 0 Å². The van der Waals surface area contributed by atoms with Crippen LogP contribution in [0.3, 0.4) is 0 Å². The molecule has 2 atom stereocenters. The number of aromatic nitrogens is 1. The summed E-state index contributed by atoms with van der Waals surface area (Å²) in [5, 5.41) is 13.1. The average molecular weight is 367 g/mol. The molecule has 0 radical (unpaired) electrons. The largest absolute Gasteiger partial charge is 0.365 e. The van der Waals surface area contributed by atoms with Gasteiger partial charge in [-0.15, -0.1) is 0 Å². The first-order valence-electron chi connectivity index (χ1n) is 9.03. The van der Waals surface area contributed by atoms with Gasteiger partial charge in [0.15, 0.2) is 6.10 Å². The van der Waals surface area contributed by atoms with E-state index in [1.807, 2.05) is 39.0 Å². The van der Waals surface area contributed by atoms with Crippen molar-refractivity contribution in [1.29, 1.82) is 5.26 Å². The molecule has 1 aliphatic rings. The van der Waals surface area contributed by atoms with E-state index in [0.29, 0.717) is 30.7 Å². The van der Waals surface area contributed by atoms with Crippen LogP contribution in [0.2, 0.25) is 0 Å². The predicted octanol–water partition coefficient (Wildman–Crippen LogP) is 1.55. The molecule has 142 valence electrons. The van der Waals surface area contributed by atoms with Crippen LogP contribution >= 0.6 is 0 Å². The molecule has 2 unspecified atom stereocenters. The maximum absolute atomic E-state index is 12.6. The Labute approximate surface area is 159 Å². The third-order valence-corrected chi connectivity index (χ3v) is 4.48. The lowest BCUT2D eigenvalue weighted by Gasteiger charge is -2.38. The number of amides is 1. The zero-order chi connectivity index (χ0) is 19.6. The summed E-state index contributed by atoms with van der Waals surface area (Å²) in [5.41, 5.74) is 7.62. The normalized spacial score (nSPS) is 20.3. The van der Waals surface area contributed by atoms with Gasteiger partial charge in [0.2, 0.25) is 0 Å². The number of benzene rings is 1. The molecular weight excluding hydrogens is 342 g/mol. The van der Waals surface area contributed by atoms with Crippen LogP contribution in [0.1, 0.15) is 26.3 Å². The maximum atomic E-state index is 12.6. The molecule has 0 saturated carbocycles. The first-order valence-corrected chi connectivity index (χ1v) is 9.03. The van der Waals surface area contributed by atoms with Crippen LogP contribution < -0.4 is 16.0 Å². The topological polar surface area (TPSA) is 104 Å². The third kappa shape index (κ3) is 4.35. The molecule has 1 aromatic heterocycles. The van der Waals surface area contributed by atoms with Gasteiger partial charge in [0.25, 0.3) is 5.91 Å². The number of carbonyl (C=O) groups is 1. The number of nitrogens with two attached hydrogens (primary N) is 1. The zero-order valence-electron chi connectivity index (χ0n) is 15.9. The second kappa shape index (κ2) is 7.51. The number of nitriles is 1. The number of nitrogens with zero attached hydrogens (tertiary/aromatic N) is 3. The summed E-state index contributed by atoms with van der Waals surface area (Å²) < 4.78 is 5.86. The fraction of sp³-hybridized carbons (Fsp3) is 0.450. The van der Waals surface area contributed by atoms with Gasteiger partial charge in [-0.05, 0) is 45.0 Å². The molecule has 7 heteroatoms. The third-order valence-electron chi connectivity index (χ3n) is 4.48. The Bertz CT molecular complexity index is 884. The highest BCUT2D eigenvalue weighted by Gasteiger charge is 2.31. The van der Waals surface area contributed by atoms with Crippen molar-refractivity contribution in [3.63, 3.8) is 0 Å². The number of ether oxygens (including phenoxy) is 1. The van der Waals surface area contributed by atoms with E-state index in [1.54, 1.807) is 12.3 Å². The molecule has 3 N–H and O–H groups in total. The molecule has 1 aliphatic heterocycles. The van der Waals surface area contributed by atoms with E-state index in [-0.39, 0.29) is 12.0 Å². The Morgan fingerprint density at radius 3 is 2.93 bits per heavy atom. The fourth-order valence-corrected chi connectivity index (χ4v) is 3.25. The Morgan fingerprint density at radius 1 is 1.44 bits per heavy atom. The summed E-state index contributed by atoms with van der Waals surface area (Å²) in [6.07, 6.45) is 0.987. The SMILES string of the molecule is CC1CN(c2ccc(C#N)c3ncccc23)CC(C(=O)NCC(C)(C)N)O1. The Kier molecular flexibility index (Phi) is 5.31. The summed E-state index contributed by atoms with van der Waals surface area (Å²) in [6, 6.07) is 9.68. The van der Waals surface area contributed by atoms with E-state index in [0.717, 1.165) is 11.1 Å². The maximum Gasteiger partial charge on any atom is 0.251 e. The summed E-state index contributed by atoms with van der Waals surface area (Å²) in [6.45, 7) is 7.13. The number of carbonyl (C=O) groups excluding carboxylic acids is 1. The monoisotopic (exact) mass is 367 g/mol. The molecule has 1 fully saturated rings. The molecule has 2 aromatic rings. The number of pyridine rings is 1. The number of hydrogen-bond donors (Lipinski definition) is 2. The molecule has 3 rings (SSSR count). The lowest BCUT2D eigenvalue weighted by Crippen LogP contribution is -2.55. The predicted molar refractivity (Wildman–Crippen MR) is 104 cm³/mol. The van der Waals surface area contributed by atoms with Crippen molar-refractivity contribution >= 4 is 22.5 Å². The summed E-state index contributed by atoms with van der Waals surface area (Å²) in [5.74, 6) is -0.166. The van der Waals surface area contributed by atoms with E-state index in [4.69, 9.17) is 10.5 Å². The molecule has 1 aromatic carbocycles. The average Bonchev–Trinajstić information content (AvgIpc) is 2.64. The van der Waals surface area contributed by atoms with Gasteiger partial charge in [-0.25, -0.2) is 0 Å². The first-order chi connectivity index (χ1) is 12.8. The van der Waals surface area contributed by atoms with Crippen LogP contribution in [-0.2, 0) is 9.53 Å². The highest BCUT2D eigenvalue weighted by Crippen LogP contribution is 2.30. The van der Waals surface area contributed by atoms with Crippen LogP contribution in [-0.4, -0.2) is 48.3 Å². The van der Waals surface area contributed by atoms with Gasteiger partial charge in [0.05, 0.1) is 23.7 Å². The number of rotatable bonds is 4. The standard InChI is InChI=1S/C20H25N5O2/c1-13-10-25(11-17(27-13)19(26)24-12-20(2,3)22)16-7-6-14(9-21)18-15(16)5-4-8-23-18/h4-8,13,17H,10-12,22H2,1-3H3,(H,24,26). The minimum Gasteiger partial charge on any atom is -0.365 e. The van der Waals surface area contributed by atoms with Crippen LogP contribution in [0.5, 0.6) is 0 Å². The minimum absolute atomic E-state index is 0.109. The highest BCUT2D eigenvalue weighted by molar-refractivity contribution is 5.95. The lowest BCUT2D eigenvalue weighted by molar-refractivity contribution is -0.137.